The van der Waals surface area contributed by atoms with Crippen molar-refractivity contribution < 1.29 is 9.21 Å². The molecule has 0 radical (unpaired) electrons. The maximum absolute atomic E-state index is 11.0. The van der Waals surface area contributed by atoms with Crippen molar-refractivity contribution in [1.82, 2.24) is 10.3 Å². The van der Waals surface area contributed by atoms with Gasteiger partial charge in [0.1, 0.15) is 5.52 Å². The van der Waals surface area contributed by atoms with E-state index in [0.29, 0.717) is 38.3 Å². The number of thiocarbonyl (C=S) groups is 1. The van der Waals surface area contributed by atoms with Crippen LogP contribution in [-0.2, 0) is 4.79 Å². The fraction of sp³-hybridized carbons (Fsp3) is 0.0625. The molecule has 0 bridgehead atoms. The molecule has 2 aromatic carbocycles. The molecular weight excluding hydrogens is 369 g/mol. The van der Waals surface area contributed by atoms with E-state index in [0.717, 1.165) is 0 Å². The maximum Gasteiger partial charge on any atom is 0.228 e. The van der Waals surface area contributed by atoms with Crippen LogP contribution in [0, 0.1) is 0 Å². The van der Waals surface area contributed by atoms with Gasteiger partial charge in [0.2, 0.25) is 11.8 Å². The SMILES string of the molecule is CC(=O)NC(=S)Nc1ccc2oc(-c3ccc(Cl)cc3Cl)nc2c1. The van der Waals surface area contributed by atoms with Crippen LogP contribution in [0.3, 0.4) is 0 Å². The Morgan fingerprint density at radius 2 is 2.00 bits per heavy atom. The average Bonchev–Trinajstić information content (AvgIpc) is 2.88. The summed E-state index contributed by atoms with van der Waals surface area (Å²) in [5.41, 5.74) is 2.57. The highest BCUT2D eigenvalue weighted by Gasteiger charge is 2.12. The Bertz CT molecular complexity index is 956. The quantitative estimate of drug-likeness (QED) is 0.635. The van der Waals surface area contributed by atoms with Crippen LogP contribution in [0.2, 0.25) is 10.0 Å². The van der Waals surface area contributed by atoms with Crippen LogP contribution in [0.25, 0.3) is 22.6 Å². The van der Waals surface area contributed by atoms with Gasteiger partial charge in [-0.15, -0.1) is 0 Å². The van der Waals surface area contributed by atoms with Crippen molar-refractivity contribution in [1.29, 1.82) is 0 Å². The number of carbonyl (C=O) groups excluding carboxylic acids is 1. The minimum Gasteiger partial charge on any atom is -0.436 e. The highest BCUT2D eigenvalue weighted by atomic mass is 35.5. The zero-order valence-electron chi connectivity index (χ0n) is 12.4. The number of oxazole rings is 1. The fourth-order valence-electron chi connectivity index (χ4n) is 2.11. The summed E-state index contributed by atoms with van der Waals surface area (Å²) < 4.78 is 5.73. The molecule has 2 N–H and O–H groups in total. The van der Waals surface area contributed by atoms with Crippen LogP contribution in [0.5, 0.6) is 0 Å². The summed E-state index contributed by atoms with van der Waals surface area (Å²) in [5.74, 6) is 0.155. The van der Waals surface area contributed by atoms with Crippen LogP contribution in [-0.4, -0.2) is 16.0 Å². The highest BCUT2D eigenvalue weighted by Crippen LogP contribution is 2.32. The second-order valence-corrected chi connectivity index (χ2v) is 6.21. The number of nitrogens with zero attached hydrogens (tertiary/aromatic N) is 1. The van der Waals surface area contributed by atoms with Crippen molar-refractivity contribution in [3.8, 4) is 11.5 Å². The van der Waals surface area contributed by atoms with Gasteiger partial charge in [-0.1, -0.05) is 23.2 Å². The van der Waals surface area contributed by atoms with Gasteiger partial charge >= 0.3 is 0 Å². The van der Waals surface area contributed by atoms with Crippen molar-refractivity contribution in [2.24, 2.45) is 0 Å². The van der Waals surface area contributed by atoms with Crippen LogP contribution < -0.4 is 10.6 Å². The molecular formula is C16H11Cl2N3O2S. The van der Waals surface area contributed by atoms with E-state index < -0.39 is 0 Å². The van der Waals surface area contributed by atoms with E-state index in [1.54, 1.807) is 36.4 Å². The second kappa shape index (κ2) is 6.76. The van der Waals surface area contributed by atoms with Crippen molar-refractivity contribution in [3.63, 3.8) is 0 Å². The molecule has 1 heterocycles. The third-order valence-electron chi connectivity index (χ3n) is 3.10. The molecule has 0 unspecified atom stereocenters. The zero-order chi connectivity index (χ0) is 17.3. The number of benzene rings is 2. The lowest BCUT2D eigenvalue weighted by atomic mass is 10.2. The summed E-state index contributed by atoms with van der Waals surface area (Å²) in [4.78, 5) is 15.4. The lowest BCUT2D eigenvalue weighted by molar-refractivity contribution is -0.117. The van der Waals surface area contributed by atoms with Crippen molar-refractivity contribution in [3.05, 3.63) is 46.4 Å². The smallest absolute Gasteiger partial charge is 0.228 e. The number of rotatable bonds is 2. The average molecular weight is 380 g/mol. The number of halogens is 2. The number of nitrogens with one attached hydrogen (secondary N) is 2. The minimum atomic E-state index is -0.241. The van der Waals surface area contributed by atoms with E-state index in [4.69, 9.17) is 39.8 Å². The molecule has 8 heteroatoms. The molecule has 0 aliphatic heterocycles. The number of amides is 1. The summed E-state index contributed by atoms with van der Waals surface area (Å²) in [7, 11) is 0. The topological polar surface area (TPSA) is 67.2 Å². The first-order valence-electron chi connectivity index (χ1n) is 6.87. The third kappa shape index (κ3) is 3.67. The molecule has 0 atom stereocenters. The van der Waals surface area contributed by atoms with Crippen LogP contribution >= 0.6 is 35.4 Å². The molecule has 0 saturated carbocycles. The lowest BCUT2D eigenvalue weighted by Gasteiger charge is -2.07. The second-order valence-electron chi connectivity index (χ2n) is 4.96. The first-order chi connectivity index (χ1) is 11.4. The molecule has 122 valence electrons. The fourth-order valence-corrected chi connectivity index (χ4v) is 2.86. The summed E-state index contributed by atoms with van der Waals surface area (Å²) in [5, 5.41) is 6.61. The zero-order valence-corrected chi connectivity index (χ0v) is 14.7. The Morgan fingerprint density at radius 1 is 1.21 bits per heavy atom. The number of hydrogen-bond donors (Lipinski definition) is 2. The largest absolute Gasteiger partial charge is 0.436 e. The predicted octanol–water partition coefficient (Wildman–Crippen LogP) is 4.63. The van der Waals surface area contributed by atoms with Gasteiger partial charge in [0.05, 0.1) is 10.6 Å². The summed E-state index contributed by atoms with van der Waals surface area (Å²) in [6.45, 7) is 1.39. The Hall–Kier alpha value is -2.15. The number of aromatic nitrogens is 1. The first-order valence-corrected chi connectivity index (χ1v) is 8.03. The molecule has 0 fully saturated rings. The Morgan fingerprint density at radius 3 is 2.71 bits per heavy atom. The Labute approximate surface area is 153 Å². The lowest BCUT2D eigenvalue weighted by Crippen LogP contribution is -2.32. The van der Waals surface area contributed by atoms with Crippen LogP contribution in [0.4, 0.5) is 5.69 Å². The molecule has 3 rings (SSSR count). The molecule has 0 saturated heterocycles. The third-order valence-corrected chi connectivity index (χ3v) is 3.85. The molecule has 0 aliphatic carbocycles. The summed E-state index contributed by atoms with van der Waals surface area (Å²) in [6, 6.07) is 10.4. The van der Waals surface area contributed by atoms with E-state index >= 15 is 0 Å². The molecule has 24 heavy (non-hydrogen) atoms. The van der Waals surface area contributed by atoms with Gasteiger partial charge in [0, 0.05) is 17.6 Å². The number of anilines is 1. The van der Waals surface area contributed by atoms with Gasteiger partial charge in [0.15, 0.2) is 10.7 Å². The Balaban J connectivity index is 1.91. The molecule has 1 aromatic heterocycles. The maximum atomic E-state index is 11.0. The monoisotopic (exact) mass is 379 g/mol. The van der Waals surface area contributed by atoms with Crippen molar-refractivity contribution in [2.45, 2.75) is 6.92 Å². The number of carbonyl (C=O) groups is 1. The molecule has 5 nitrogen and oxygen atoms in total. The molecule has 1 amide bonds. The highest BCUT2D eigenvalue weighted by molar-refractivity contribution is 7.80. The van der Waals surface area contributed by atoms with Gasteiger partial charge in [0.25, 0.3) is 0 Å². The number of fused-ring (bicyclic) bond motifs is 1. The van der Waals surface area contributed by atoms with Gasteiger partial charge < -0.3 is 15.1 Å². The first kappa shape index (κ1) is 16.7. The van der Waals surface area contributed by atoms with Crippen LogP contribution in [0.15, 0.2) is 40.8 Å². The minimum absolute atomic E-state index is 0.214. The predicted molar refractivity (Wildman–Crippen MR) is 99.5 cm³/mol. The molecule has 0 spiro atoms. The van der Waals surface area contributed by atoms with Gasteiger partial charge in [-0.05, 0) is 48.6 Å². The Kier molecular flexibility index (Phi) is 4.71. The van der Waals surface area contributed by atoms with E-state index in [9.17, 15) is 4.79 Å². The summed E-state index contributed by atoms with van der Waals surface area (Å²) >= 11 is 17.1. The normalized spacial score (nSPS) is 10.6. The van der Waals surface area contributed by atoms with Crippen molar-refractivity contribution in [2.75, 3.05) is 5.32 Å². The van der Waals surface area contributed by atoms with Gasteiger partial charge in [-0.2, -0.15) is 0 Å². The standard InChI is InChI=1S/C16H11Cl2N3O2S/c1-8(22)19-16(24)20-10-3-5-14-13(7-10)21-15(23-14)11-4-2-9(17)6-12(11)18/h2-7H,1H3,(H2,19,20,22,24). The molecule has 3 aromatic rings. The van der Waals surface area contributed by atoms with E-state index in [1.807, 2.05) is 0 Å². The van der Waals surface area contributed by atoms with E-state index in [-0.39, 0.29) is 11.0 Å². The van der Waals surface area contributed by atoms with E-state index in [1.165, 1.54) is 6.92 Å². The summed E-state index contributed by atoms with van der Waals surface area (Å²) in [6.07, 6.45) is 0. The van der Waals surface area contributed by atoms with Gasteiger partial charge in [-0.25, -0.2) is 4.98 Å². The molecule has 0 aliphatic rings. The van der Waals surface area contributed by atoms with E-state index in [2.05, 4.69) is 15.6 Å². The van der Waals surface area contributed by atoms with Crippen molar-refractivity contribution >= 4 is 63.2 Å². The number of hydrogen-bond acceptors (Lipinski definition) is 4. The van der Waals surface area contributed by atoms with Gasteiger partial charge in [-0.3, -0.25) is 4.79 Å². The van der Waals surface area contributed by atoms with Crippen LogP contribution in [0.1, 0.15) is 6.92 Å².